The van der Waals surface area contributed by atoms with E-state index in [0.717, 1.165) is 12.8 Å². The lowest BCUT2D eigenvalue weighted by atomic mass is 9.94. The van der Waals surface area contributed by atoms with Gasteiger partial charge in [-0.05, 0) is 30.8 Å². The standard InChI is InChI=1S/C9H12O/c10-9-6-5-7-3-1-2-4-8(7)9/h1-2,4,7,9-10H,3,5-6H2. The normalized spacial score (nSPS) is 37.5. The Morgan fingerprint density at radius 3 is 3.10 bits per heavy atom. The van der Waals surface area contributed by atoms with Gasteiger partial charge in [-0.15, -0.1) is 0 Å². The van der Waals surface area contributed by atoms with Crippen LogP contribution in [0.3, 0.4) is 0 Å². The molecule has 0 aliphatic heterocycles. The van der Waals surface area contributed by atoms with E-state index in [1.165, 1.54) is 12.0 Å². The Hall–Kier alpha value is -0.560. The molecule has 2 aliphatic carbocycles. The Morgan fingerprint density at radius 2 is 2.30 bits per heavy atom. The van der Waals surface area contributed by atoms with E-state index in [2.05, 4.69) is 18.2 Å². The maximum absolute atomic E-state index is 9.42. The molecule has 0 aromatic carbocycles. The Balaban J connectivity index is 2.25. The maximum atomic E-state index is 9.42. The summed E-state index contributed by atoms with van der Waals surface area (Å²) in [6.07, 6.45) is 9.48. The van der Waals surface area contributed by atoms with Crippen molar-refractivity contribution in [2.75, 3.05) is 0 Å². The van der Waals surface area contributed by atoms with Crippen molar-refractivity contribution in [3.05, 3.63) is 23.8 Å². The van der Waals surface area contributed by atoms with Gasteiger partial charge < -0.3 is 5.11 Å². The Bertz CT molecular complexity index is 191. The minimum absolute atomic E-state index is 0.130. The average molecular weight is 136 g/mol. The average Bonchev–Trinajstić information content (AvgIpc) is 2.34. The molecule has 0 radical (unpaired) electrons. The van der Waals surface area contributed by atoms with Gasteiger partial charge in [0, 0.05) is 0 Å². The third-order valence-electron chi connectivity index (χ3n) is 2.49. The van der Waals surface area contributed by atoms with Crippen LogP contribution in [0.4, 0.5) is 0 Å². The fraction of sp³-hybridized carbons (Fsp3) is 0.556. The molecule has 0 heterocycles. The summed E-state index contributed by atoms with van der Waals surface area (Å²) in [5.41, 5.74) is 1.27. The van der Waals surface area contributed by atoms with E-state index in [9.17, 15) is 5.11 Å². The summed E-state index contributed by atoms with van der Waals surface area (Å²) in [6.45, 7) is 0. The maximum Gasteiger partial charge on any atom is 0.0756 e. The number of hydrogen-bond acceptors (Lipinski definition) is 1. The first kappa shape index (κ1) is 6.17. The Morgan fingerprint density at radius 1 is 1.40 bits per heavy atom. The fourth-order valence-corrected chi connectivity index (χ4v) is 1.89. The van der Waals surface area contributed by atoms with Crippen LogP contribution in [-0.2, 0) is 0 Å². The smallest absolute Gasteiger partial charge is 0.0756 e. The molecular formula is C9H12O. The van der Waals surface area contributed by atoms with Crippen LogP contribution in [0.5, 0.6) is 0 Å². The lowest BCUT2D eigenvalue weighted by molar-refractivity contribution is 0.217. The summed E-state index contributed by atoms with van der Waals surface area (Å²) in [5, 5.41) is 9.42. The first-order valence-corrected chi connectivity index (χ1v) is 3.92. The van der Waals surface area contributed by atoms with Crippen molar-refractivity contribution in [1.82, 2.24) is 0 Å². The highest BCUT2D eigenvalue weighted by atomic mass is 16.3. The van der Waals surface area contributed by atoms with E-state index >= 15 is 0 Å². The third kappa shape index (κ3) is 0.816. The molecular weight excluding hydrogens is 124 g/mol. The van der Waals surface area contributed by atoms with Crippen molar-refractivity contribution in [1.29, 1.82) is 0 Å². The van der Waals surface area contributed by atoms with Crippen molar-refractivity contribution in [3.63, 3.8) is 0 Å². The SMILES string of the molecule is OC1CCC2CC=CC=C12. The zero-order valence-corrected chi connectivity index (χ0v) is 5.96. The van der Waals surface area contributed by atoms with Gasteiger partial charge in [0.05, 0.1) is 6.10 Å². The monoisotopic (exact) mass is 136 g/mol. The highest BCUT2D eigenvalue weighted by Gasteiger charge is 2.28. The molecule has 10 heavy (non-hydrogen) atoms. The molecule has 0 spiro atoms. The van der Waals surface area contributed by atoms with Crippen LogP contribution < -0.4 is 0 Å². The molecule has 2 aliphatic rings. The molecule has 0 aromatic heterocycles. The molecule has 0 bridgehead atoms. The van der Waals surface area contributed by atoms with Gasteiger partial charge in [0.15, 0.2) is 0 Å². The molecule has 1 heteroatoms. The summed E-state index contributed by atoms with van der Waals surface area (Å²) in [7, 11) is 0. The van der Waals surface area contributed by atoms with Gasteiger partial charge in [-0.1, -0.05) is 18.2 Å². The minimum Gasteiger partial charge on any atom is -0.389 e. The molecule has 54 valence electrons. The highest BCUT2D eigenvalue weighted by Crippen LogP contribution is 2.35. The van der Waals surface area contributed by atoms with Crippen LogP contribution in [0.15, 0.2) is 23.8 Å². The number of aliphatic hydroxyl groups is 1. The lowest BCUT2D eigenvalue weighted by Gasteiger charge is -2.13. The van der Waals surface area contributed by atoms with E-state index in [1.54, 1.807) is 0 Å². The lowest BCUT2D eigenvalue weighted by Crippen LogP contribution is -2.07. The summed E-state index contributed by atoms with van der Waals surface area (Å²) in [4.78, 5) is 0. The predicted molar refractivity (Wildman–Crippen MR) is 40.6 cm³/mol. The van der Waals surface area contributed by atoms with Crippen molar-refractivity contribution < 1.29 is 5.11 Å². The molecule has 0 saturated heterocycles. The second-order valence-corrected chi connectivity index (χ2v) is 3.12. The van der Waals surface area contributed by atoms with Gasteiger partial charge >= 0.3 is 0 Å². The molecule has 2 atom stereocenters. The molecule has 0 amide bonds. The van der Waals surface area contributed by atoms with Crippen molar-refractivity contribution >= 4 is 0 Å². The van der Waals surface area contributed by atoms with Gasteiger partial charge in [0.2, 0.25) is 0 Å². The number of aliphatic hydroxyl groups excluding tert-OH is 1. The number of allylic oxidation sites excluding steroid dienone is 3. The van der Waals surface area contributed by atoms with Gasteiger partial charge in [0.25, 0.3) is 0 Å². The summed E-state index contributed by atoms with van der Waals surface area (Å²) < 4.78 is 0. The largest absolute Gasteiger partial charge is 0.389 e. The topological polar surface area (TPSA) is 20.2 Å². The van der Waals surface area contributed by atoms with Crippen LogP contribution in [-0.4, -0.2) is 11.2 Å². The zero-order valence-electron chi connectivity index (χ0n) is 5.96. The van der Waals surface area contributed by atoms with Crippen LogP contribution in [0.1, 0.15) is 19.3 Å². The van der Waals surface area contributed by atoms with E-state index in [1.807, 2.05) is 0 Å². The minimum atomic E-state index is -0.130. The number of hydrogen-bond donors (Lipinski definition) is 1. The Kier molecular flexibility index (Phi) is 1.38. The van der Waals surface area contributed by atoms with E-state index < -0.39 is 0 Å². The summed E-state index contributed by atoms with van der Waals surface area (Å²) in [6, 6.07) is 0. The third-order valence-corrected chi connectivity index (χ3v) is 2.49. The van der Waals surface area contributed by atoms with Crippen LogP contribution in [0.2, 0.25) is 0 Å². The molecule has 0 aromatic rings. The molecule has 1 nitrogen and oxygen atoms in total. The Labute approximate surface area is 61.1 Å². The van der Waals surface area contributed by atoms with Crippen LogP contribution >= 0.6 is 0 Å². The molecule has 1 saturated carbocycles. The number of rotatable bonds is 0. The molecule has 1 fully saturated rings. The fourth-order valence-electron chi connectivity index (χ4n) is 1.89. The van der Waals surface area contributed by atoms with Gasteiger partial charge in [-0.25, -0.2) is 0 Å². The highest BCUT2D eigenvalue weighted by molar-refractivity contribution is 5.26. The van der Waals surface area contributed by atoms with Crippen molar-refractivity contribution in [2.24, 2.45) is 5.92 Å². The van der Waals surface area contributed by atoms with E-state index in [0.29, 0.717) is 5.92 Å². The molecule has 2 rings (SSSR count). The van der Waals surface area contributed by atoms with E-state index in [4.69, 9.17) is 0 Å². The molecule has 2 unspecified atom stereocenters. The van der Waals surface area contributed by atoms with Crippen LogP contribution in [0.25, 0.3) is 0 Å². The second kappa shape index (κ2) is 2.24. The van der Waals surface area contributed by atoms with Crippen molar-refractivity contribution in [3.8, 4) is 0 Å². The van der Waals surface area contributed by atoms with Crippen LogP contribution in [0, 0.1) is 5.92 Å². The quantitative estimate of drug-likeness (QED) is 0.536. The first-order chi connectivity index (χ1) is 4.88. The predicted octanol–water partition coefficient (Wildman–Crippen LogP) is 1.64. The summed E-state index contributed by atoms with van der Waals surface area (Å²) in [5.74, 6) is 0.667. The van der Waals surface area contributed by atoms with Gasteiger partial charge in [0.1, 0.15) is 0 Å². The zero-order chi connectivity index (χ0) is 6.97. The second-order valence-electron chi connectivity index (χ2n) is 3.12. The van der Waals surface area contributed by atoms with Crippen molar-refractivity contribution in [2.45, 2.75) is 25.4 Å². The number of fused-ring (bicyclic) bond motifs is 1. The van der Waals surface area contributed by atoms with E-state index in [-0.39, 0.29) is 6.10 Å². The van der Waals surface area contributed by atoms with Gasteiger partial charge in [-0.2, -0.15) is 0 Å². The summed E-state index contributed by atoms with van der Waals surface area (Å²) >= 11 is 0. The van der Waals surface area contributed by atoms with Gasteiger partial charge in [-0.3, -0.25) is 0 Å². The molecule has 1 N–H and O–H groups in total. The first-order valence-electron chi connectivity index (χ1n) is 3.92.